The van der Waals surface area contributed by atoms with Crippen LogP contribution in [0.1, 0.15) is 0 Å². The number of rotatable bonds is 2. The van der Waals surface area contributed by atoms with E-state index in [4.69, 9.17) is 0 Å². The summed E-state index contributed by atoms with van der Waals surface area (Å²) in [7, 11) is -8.67. The number of H-pyrrole nitrogens is 2. The van der Waals surface area contributed by atoms with Crippen LogP contribution in [0.2, 0.25) is 0 Å². The van der Waals surface area contributed by atoms with Gasteiger partial charge in [0.15, 0.2) is 0 Å². The zero-order valence-electron chi connectivity index (χ0n) is 15.0. The third kappa shape index (κ3) is 6.17. The van der Waals surface area contributed by atoms with E-state index in [-0.39, 0.29) is 68.9 Å². The van der Waals surface area contributed by atoms with Crippen LogP contribution in [0.5, 0.6) is 0 Å². The van der Waals surface area contributed by atoms with Crippen molar-refractivity contribution < 1.29 is 85.1 Å². The maximum atomic E-state index is 10.6. The predicted octanol–water partition coefficient (Wildman–Crippen LogP) is -3.85. The Morgan fingerprint density at radius 1 is 0.607 bits per heavy atom. The SMILES string of the molecule is O=S(=O)([O-])c1ccc2[nH]ccc2c1.O=S(=O)([O-])c1ccc2[nH]ccc2c1.[Na+].[Na+]. The number of benzene rings is 2. The Morgan fingerprint density at radius 3 is 1.29 bits per heavy atom. The average Bonchev–Trinajstić information content (AvgIpc) is 3.21. The Hall–Kier alpha value is -0.660. The van der Waals surface area contributed by atoms with E-state index >= 15 is 0 Å². The summed E-state index contributed by atoms with van der Waals surface area (Å²) in [6.45, 7) is 0. The van der Waals surface area contributed by atoms with Crippen molar-refractivity contribution in [2.24, 2.45) is 0 Å². The van der Waals surface area contributed by atoms with E-state index in [9.17, 15) is 25.9 Å². The van der Waals surface area contributed by atoms with Crippen molar-refractivity contribution in [3.63, 3.8) is 0 Å². The molecule has 4 rings (SSSR count). The molecule has 0 fully saturated rings. The standard InChI is InChI=1S/2C8H7NO3S.2Na/c2*10-13(11,12)7-1-2-8-6(5-7)3-4-9-8;;/h2*1-5,9H,(H,10,11,12);;/q;;2*+1/p-2. The van der Waals surface area contributed by atoms with Crippen LogP contribution in [-0.2, 0) is 20.2 Å². The molecule has 0 bridgehead atoms. The van der Waals surface area contributed by atoms with Gasteiger partial charge < -0.3 is 19.1 Å². The zero-order chi connectivity index (χ0) is 18.9. The molecule has 2 aromatic carbocycles. The summed E-state index contributed by atoms with van der Waals surface area (Å²) in [5.41, 5.74) is 1.62. The first-order chi connectivity index (χ1) is 12.1. The largest absolute Gasteiger partial charge is 1.00 e. The van der Waals surface area contributed by atoms with Crippen molar-refractivity contribution in [2.75, 3.05) is 0 Å². The fraction of sp³-hybridized carbons (Fsp3) is 0. The molecule has 12 heteroatoms. The van der Waals surface area contributed by atoms with Crippen LogP contribution in [0.25, 0.3) is 21.8 Å². The molecule has 4 aromatic rings. The van der Waals surface area contributed by atoms with Gasteiger partial charge in [0.25, 0.3) is 0 Å². The van der Waals surface area contributed by atoms with E-state index < -0.39 is 20.2 Å². The maximum Gasteiger partial charge on any atom is 1.00 e. The molecule has 0 aliphatic carbocycles. The van der Waals surface area contributed by atoms with Crippen LogP contribution in [-0.4, -0.2) is 35.9 Å². The van der Waals surface area contributed by atoms with Crippen LogP contribution in [0.15, 0.2) is 70.7 Å². The Labute approximate surface area is 205 Å². The second-order valence-corrected chi connectivity index (χ2v) is 8.12. The van der Waals surface area contributed by atoms with Crippen molar-refractivity contribution in [2.45, 2.75) is 9.79 Å². The van der Waals surface area contributed by atoms with Crippen LogP contribution in [0.3, 0.4) is 0 Å². The molecule has 0 amide bonds. The Bertz CT molecular complexity index is 1190. The number of aromatic nitrogens is 2. The molecule has 0 radical (unpaired) electrons. The summed E-state index contributed by atoms with van der Waals surface area (Å²) in [4.78, 5) is 5.41. The van der Waals surface area contributed by atoms with Gasteiger partial charge in [-0.05, 0) is 48.5 Å². The summed E-state index contributed by atoms with van der Waals surface area (Å²) >= 11 is 0. The second-order valence-electron chi connectivity index (χ2n) is 5.36. The molecule has 2 N–H and O–H groups in total. The van der Waals surface area contributed by atoms with E-state index in [2.05, 4.69) is 9.97 Å². The molecular weight excluding hydrogens is 426 g/mol. The Morgan fingerprint density at radius 2 is 0.964 bits per heavy atom. The van der Waals surface area contributed by atoms with Gasteiger partial charge >= 0.3 is 59.1 Å². The molecule has 0 atom stereocenters. The van der Waals surface area contributed by atoms with Crippen molar-refractivity contribution in [1.82, 2.24) is 9.97 Å². The molecule has 2 aromatic heterocycles. The second kappa shape index (κ2) is 9.90. The van der Waals surface area contributed by atoms with Gasteiger partial charge in [-0.2, -0.15) is 0 Å². The molecule has 136 valence electrons. The van der Waals surface area contributed by atoms with Gasteiger partial charge in [0.1, 0.15) is 20.2 Å². The summed E-state index contributed by atoms with van der Waals surface area (Å²) < 4.78 is 63.8. The van der Waals surface area contributed by atoms with E-state index in [1.54, 1.807) is 36.7 Å². The topological polar surface area (TPSA) is 146 Å². The molecular formula is C16H12N2Na2O6S2. The van der Waals surface area contributed by atoms with E-state index in [0.29, 0.717) is 0 Å². The molecule has 0 unspecified atom stereocenters. The molecule has 2 heterocycles. The number of aromatic amines is 2. The van der Waals surface area contributed by atoms with Crippen LogP contribution >= 0.6 is 0 Å². The fourth-order valence-corrected chi connectivity index (χ4v) is 3.39. The van der Waals surface area contributed by atoms with Crippen molar-refractivity contribution >= 4 is 42.0 Å². The van der Waals surface area contributed by atoms with Crippen LogP contribution in [0.4, 0.5) is 0 Å². The third-order valence-corrected chi connectivity index (χ3v) is 5.29. The van der Waals surface area contributed by atoms with Crippen LogP contribution < -0.4 is 59.1 Å². The smallest absolute Gasteiger partial charge is 0.744 e. The summed E-state index contributed by atoms with van der Waals surface area (Å²) in [5.74, 6) is 0. The van der Waals surface area contributed by atoms with Gasteiger partial charge in [-0.25, -0.2) is 16.8 Å². The monoisotopic (exact) mass is 438 g/mol. The molecule has 0 aliphatic heterocycles. The van der Waals surface area contributed by atoms with Gasteiger partial charge in [0, 0.05) is 34.2 Å². The summed E-state index contributed by atoms with van der Waals surface area (Å²) in [6.07, 6.45) is 3.37. The van der Waals surface area contributed by atoms with Gasteiger partial charge in [-0.1, -0.05) is 0 Å². The molecule has 0 spiro atoms. The Kier molecular flexibility index (Phi) is 8.97. The van der Waals surface area contributed by atoms with Crippen LogP contribution in [0, 0.1) is 0 Å². The molecule has 0 aliphatic rings. The quantitative estimate of drug-likeness (QED) is 0.242. The minimum absolute atomic E-state index is 0. The molecule has 0 saturated carbocycles. The van der Waals surface area contributed by atoms with Crippen molar-refractivity contribution in [1.29, 1.82) is 0 Å². The fourth-order valence-electron chi connectivity index (χ4n) is 2.37. The number of hydrogen-bond donors (Lipinski definition) is 2. The summed E-state index contributed by atoms with van der Waals surface area (Å²) in [5, 5.41) is 1.44. The van der Waals surface area contributed by atoms with Gasteiger partial charge in [0.2, 0.25) is 0 Å². The summed E-state index contributed by atoms with van der Waals surface area (Å²) in [6, 6.07) is 11.9. The number of hydrogen-bond acceptors (Lipinski definition) is 6. The predicted molar refractivity (Wildman–Crippen MR) is 92.5 cm³/mol. The molecule has 0 saturated heterocycles. The van der Waals surface area contributed by atoms with Gasteiger partial charge in [-0.3, -0.25) is 0 Å². The van der Waals surface area contributed by atoms with Crippen molar-refractivity contribution in [3.05, 3.63) is 60.9 Å². The van der Waals surface area contributed by atoms with Gasteiger partial charge in [0.05, 0.1) is 9.79 Å². The first-order valence-electron chi connectivity index (χ1n) is 7.21. The minimum Gasteiger partial charge on any atom is -0.744 e. The van der Waals surface area contributed by atoms with E-state index in [1.165, 1.54) is 24.3 Å². The number of nitrogens with one attached hydrogen (secondary N) is 2. The normalized spacial score (nSPS) is 11.2. The number of fused-ring (bicyclic) bond motifs is 2. The molecule has 8 nitrogen and oxygen atoms in total. The maximum absolute atomic E-state index is 10.6. The Balaban J connectivity index is 0.000000261. The van der Waals surface area contributed by atoms with Crippen molar-refractivity contribution in [3.8, 4) is 0 Å². The van der Waals surface area contributed by atoms with E-state index in [1.807, 2.05) is 0 Å². The van der Waals surface area contributed by atoms with E-state index in [0.717, 1.165) is 21.8 Å². The zero-order valence-corrected chi connectivity index (χ0v) is 20.7. The van der Waals surface area contributed by atoms with Gasteiger partial charge in [-0.15, -0.1) is 0 Å². The minimum atomic E-state index is -4.34. The average molecular weight is 438 g/mol. The first-order valence-corrected chi connectivity index (χ1v) is 10.0. The third-order valence-electron chi connectivity index (χ3n) is 3.63. The first kappa shape index (κ1) is 25.4. The molecule has 28 heavy (non-hydrogen) atoms.